The van der Waals surface area contributed by atoms with Crippen LogP contribution in [0.2, 0.25) is 5.02 Å². The number of carbonyl (C=O) groups excluding carboxylic acids is 1. The maximum Gasteiger partial charge on any atom is 0.320 e. The Labute approximate surface area is 169 Å². The van der Waals surface area contributed by atoms with E-state index in [0.29, 0.717) is 17.5 Å². The average molecular weight is 403 g/mol. The highest BCUT2D eigenvalue weighted by molar-refractivity contribution is 6.30. The summed E-state index contributed by atoms with van der Waals surface area (Å²) >= 11 is 5.93. The summed E-state index contributed by atoms with van der Waals surface area (Å²) in [6, 6.07) is 10.3. The highest BCUT2D eigenvalue weighted by atomic mass is 35.5. The maximum absolute atomic E-state index is 13.9. The van der Waals surface area contributed by atoms with Crippen LogP contribution in [0.5, 0.6) is 0 Å². The summed E-state index contributed by atoms with van der Waals surface area (Å²) in [4.78, 5) is 23.0. The van der Waals surface area contributed by atoms with Gasteiger partial charge in [-0.15, -0.1) is 0 Å². The van der Waals surface area contributed by atoms with Crippen LogP contribution < -0.4 is 0 Å². The fraction of sp³-hybridized carbons (Fsp3) is 0.429. The predicted molar refractivity (Wildman–Crippen MR) is 106 cm³/mol. The van der Waals surface area contributed by atoms with Gasteiger partial charge < -0.3 is 9.80 Å². The van der Waals surface area contributed by atoms with Crippen molar-refractivity contribution in [2.45, 2.75) is 12.6 Å². The van der Waals surface area contributed by atoms with E-state index in [1.54, 1.807) is 37.3 Å². The van der Waals surface area contributed by atoms with Crippen molar-refractivity contribution in [2.24, 2.45) is 11.8 Å². The number of benzene rings is 1. The molecule has 148 valence electrons. The van der Waals surface area contributed by atoms with E-state index >= 15 is 0 Å². The summed E-state index contributed by atoms with van der Waals surface area (Å²) in [6.07, 6.45) is 1.67. The molecule has 0 unspecified atom stereocenters. The molecular formula is C21H24ClFN4O. The number of carbonyl (C=O) groups is 1. The van der Waals surface area contributed by atoms with Crippen molar-refractivity contribution >= 4 is 17.6 Å². The van der Waals surface area contributed by atoms with Gasteiger partial charge >= 0.3 is 6.03 Å². The molecule has 1 aromatic carbocycles. The number of urea groups is 1. The van der Waals surface area contributed by atoms with Crippen molar-refractivity contribution < 1.29 is 9.18 Å². The summed E-state index contributed by atoms with van der Waals surface area (Å²) < 4.78 is 13.9. The molecule has 0 radical (unpaired) electrons. The van der Waals surface area contributed by atoms with Crippen molar-refractivity contribution in [3.8, 4) is 0 Å². The molecule has 2 saturated heterocycles. The first-order valence-corrected chi connectivity index (χ1v) is 9.86. The molecule has 0 aliphatic carbocycles. The van der Waals surface area contributed by atoms with Crippen LogP contribution in [0.3, 0.4) is 0 Å². The molecule has 2 aromatic rings. The Kier molecular flexibility index (Phi) is 5.25. The van der Waals surface area contributed by atoms with Gasteiger partial charge in [0.15, 0.2) is 0 Å². The zero-order valence-corrected chi connectivity index (χ0v) is 16.8. The van der Waals surface area contributed by atoms with Crippen molar-refractivity contribution in [1.29, 1.82) is 0 Å². The lowest BCUT2D eigenvalue weighted by Gasteiger charge is -2.31. The summed E-state index contributed by atoms with van der Waals surface area (Å²) in [5.41, 5.74) is 1.85. The first kappa shape index (κ1) is 19.2. The van der Waals surface area contributed by atoms with Crippen LogP contribution in [0.25, 0.3) is 0 Å². The third-order valence-electron chi connectivity index (χ3n) is 5.73. The lowest BCUT2D eigenvalue weighted by Crippen LogP contribution is -2.41. The predicted octanol–water partition coefficient (Wildman–Crippen LogP) is 3.66. The standard InChI is InChI=1S/C21H24ClFN4O/c1-25(2)21(28)27-11-15-10-26(12-18-7-6-16(22)9-24-18)13-19(15)20(27)14-4-3-5-17(23)8-14/h3-9,15,19-20H,10-13H2,1-2H3/t15-,19-,20+/m1/s1. The van der Waals surface area contributed by atoms with Gasteiger partial charge in [-0.05, 0) is 35.7 Å². The van der Waals surface area contributed by atoms with E-state index in [4.69, 9.17) is 11.6 Å². The summed E-state index contributed by atoms with van der Waals surface area (Å²) in [6.45, 7) is 3.19. The zero-order chi connectivity index (χ0) is 19.8. The lowest BCUT2D eigenvalue weighted by atomic mass is 9.89. The van der Waals surface area contributed by atoms with Crippen LogP contribution in [0.1, 0.15) is 17.3 Å². The van der Waals surface area contributed by atoms with E-state index in [1.165, 1.54) is 6.07 Å². The molecule has 3 heterocycles. The molecule has 0 spiro atoms. The molecule has 2 fully saturated rings. The number of nitrogens with zero attached hydrogens (tertiary/aromatic N) is 4. The van der Waals surface area contributed by atoms with Crippen LogP contribution in [0.4, 0.5) is 9.18 Å². The lowest BCUT2D eigenvalue weighted by molar-refractivity contribution is 0.151. The van der Waals surface area contributed by atoms with Crippen LogP contribution in [-0.2, 0) is 6.54 Å². The van der Waals surface area contributed by atoms with Crippen molar-refractivity contribution in [3.05, 3.63) is 64.7 Å². The minimum absolute atomic E-state index is 0.0189. The number of hydrogen-bond donors (Lipinski definition) is 0. The van der Waals surface area contributed by atoms with E-state index in [0.717, 1.165) is 30.9 Å². The Hall–Kier alpha value is -2.18. The fourth-order valence-electron chi connectivity index (χ4n) is 4.57. The van der Waals surface area contributed by atoms with E-state index in [2.05, 4.69) is 9.88 Å². The first-order valence-electron chi connectivity index (χ1n) is 9.48. The number of likely N-dealkylation sites (tertiary alicyclic amines) is 2. The summed E-state index contributed by atoms with van der Waals surface area (Å²) in [5, 5.41) is 0.631. The van der Waals surface area contributed by atoms with Crippen LogP contribution in [-0.4, -0.2) is 59.4 Å². The molecule has 7 heteroatoms. The second-order valence-electron chi connectivity index (χ2n) is 7.91. The molecule has 5 nitrogen and oxygen atoms in total. The van der Waals surface area contributed by atoms with Gasteiger partial charge in [0.2, 0.25) is 0 Å². The smallest absolute Gasteiger partial charge is 0.320 e. The molecule has 1 aromatic heterocycles. The van der Waals surface area contributed by atoms with Gasteiger partial charge in [-0.1, -0.05) is 23.7 Å². The fourth-order valence-corrected chi connectivity index (χ4v) is 4.68. The monoisotopic (exact) mass is 402 g/mol. The number of halogens is 2. The SMILES string of the molecule is CN(C)C(=O)N1C[C@H]2CN(Cc3ccc(Cl)cn3)C[C@H]2[C@@H]1c1cccc(F)c1. The minimum atomic E-state index is -0.265. The molecule has 0 saturated carbocycles. The van der Waals surface area contributed by atoms with Gasteiger partial charge in [-0.25, -0.2) is 9.18 Å². The second-order valence-corrected chi connectivity index (χ2v) is 8.35. The van der Waals surface area contributed by atoms with Gasteiger partial charge in [0.1, 0.15) is 5.82 Å². The van der Waals surface area contributed by atoms with Crippen molar-refractivity contribution in [3.63, 3.8) is 0 Å². The largest absolute Gasteiger partial charge is 0.331 e. The number of rotatable bonds is 3. The Morgan fingerprint density at radius 2 is 2.07 bits per heavy atom. The zero-order valence-electron chi connectivity index (χ0n) is 16.1. The molecule has 3 atom stereocenters. The molecular weight excluding hydrogens is 379 g/mol. The molecule has 28 heavy (non-hydrogen) atoms. The highest BCUT2D eigenvalue weighted by Crippen LogP contribution is 2.45. The van der Waals surface area contributed by atoms with E-state index in [1.807, 2.05) is 23.1 Å². The van der Waals surface area contributed by atoms with Gasteiger partial charge in [0.05, 0.1) is 16.8 Å². The minimum Gasteiger partial charge on any atom is -0.331 e. The first-order chi connectivity index (χ1) is 13.4. The number of pyridine rings is 1. The topological polar surface area (TPSA) is 39.7 Å². The average Bonchev–Trinajstić information content (AvgIpc) is 3.19. The van der Waals surface area contributed by atoms with Gasteiger partial charge in [-0.3, -0.25) is 9.88 Å². The Morgan fingerprint density at radius 3 is 2.75 bits per heavy atom. The van der Waals surface area contributed by atoms with Gasteiger partial charge in [-0.2, -0.15) is 0 Å². The number of amides is 2. The molecule has 2 aliphatic rings. The van der Waals surface area contributed by atoms with Crippen LogP contribution in [0.15, 0.2) is 42.6 Å². The Morgan fingerprint density at radius 1 is 1.25 bits per heavy atom. The second kappa shape index (κ2) is 7.68. The van der Waals surface area contributed by atoms with Crippen LogP contribution in [0, 0.1) is 17.7 Å². The summed E-state index contributed by atoms with van der Waals surface area (Å²) in [5.74, 6) is 0.376. The highest BCUT2D eigenvalue weighted by Gasteiger charge is 2.49. The van der Waals surface area contributed by atoms with Gasteiger partial charge in [0, 0.05) is 52.4 Å². The van der Waals surface area contributed by atoms with E-state index < -0.39 is 0 Å². The summed E-state index contributed by atoms with van der Waals surface area (Å²) in [7, 11) is 3.52. The normalized spacial score (nSPS) is 24.4. The van der Waals surface area contributed by atoms with E-state index in [-0.39, 0.29) is 23.8 Å². The quantitative estimate of drug-likeness (QED) is 0.786. The molecule has 0 bridgehead atoms. The third-order valence-corrected chi connectivity index (χ3v) is 5.96. The number of hydrogen-bond acceptors (Lipinski definition) is 3. The maximum atomic E-state index is 13.9. The number of aromatic nitrogens is 1. The number of fused-ring (bicyclic) bond motifs is 1. The van der Waals surface area contributed by atoms with Crippen molar-refractivity contribution in [2.75, 3.05) is 33.7 Å². The molecule has 2 amide bonds. The Balaban J connectivity index is 1.56. The van der Waals surface area contributed by atoms with E-state index in [9.17, 15) is 9.18 Å². The molecule has 0 N–H and O–H groups in total. The third kappa shape index (κ3) is 3.71. The van der Waals surface area contributed by atoms with Crippen LogP contribution >= 0.6 is 11.6 Å². The van der Waals surface area contributed by atoms with Gasteiger partial charge in [0.25, 0.3) is 0 Å². The molecule has 4 rings (SSSR count). The molecule has 2 aliphatic heterocycles. The van der Waals surface area contributed by atoms with Crippen molar-refractivity contribution in [1.82, 2.24) is 19.7 Å². The Bertz CT molecular complexity index is 860.